The smallest absolute Gasteiger partial charge is 0.234 e. The highest BCUT2D eigenvalue weighted by Crippen LogP contribution is 2.04. The van der Waals surface area contributed by atoms with Crippen molar-refractivity contribution in [2.45, 2.75) is 12.2 Å². The molecule has 0 fully saturated rings. The summed E-state index contributed by atoms with van der Waals surface area (Å²) in [5.74, 6) is -2.30. The second-order valence-electron chi connectivity index (χ2n) is 3.16. The van der Waals surface area contributed by atoms with Gasteiger partial charge in [0.1, 0.15) is 12.2 Å². The molecule has 0 spiro atoms. The molecule has 0 saturated carbocycles. The molecule has 0 unspecified atom stereocenters. The Morgan fingerprint density at radius 2 is 2.00 bits per heavy atom. The van der Waals surface area contributed by atoms with Gasteiger partial charge in [-0.25, -0.2) is 0 Å². The van der Waals surface area contributed by atoms with E-state index >= 15 is 0 Å². The molecular weight excluding hydrogens is 212 g/mol. The van der Waals surface area contributed by atoms with Crippen molar-refractivity contribution in [3.8, 4) is 0 Å². The highest BCUT2D eigenvalue weighted by atomic mass is 16.4. The van der Waals surface area contributed by atoms with E-state index in [1.807, 2.05) is 0 Å². The number of hydrogen-bond acceptors (Lipinski definition) is 5. The maximum atomic E-state index is 11.6. The van der Waals surface area contributed by atoms with Crippen molar-refractivity contribution in [1.82, 2.24) is 0 Å². The lowest BCUT2D eigenvalue weighted by Crippen LogP contribution is -2.40. The predicted molar refractivity (Wildman–Crippen MR) is 54.9 cm³/mol. The lowest BCUT2D eigenvalue weighted by atomic mass is 10.0. The highest BCUT2D eigenvalue weighted by molar-refractivity contribution is 6.45. The molecule has 0 amide bonds. The minimum Gasteiger partial charge on any atom is -0.394 e. The highest BCUT2D eigenvalue weighted by Gasteiger charge is 2.29. The number of rotatable bonds is 5. The summed E-state index contributed by atoms with van der Waals surface area (Å²) in [6.45, 7) is -0.831. The monoisotopic (exact) mass is 225 g/mol. The molecule has 0 saturated heterocycles. The zero-order valence-electron chi connectivity index (χ0n) is 9.33. The first-order valence-corrected chi connectivity index (χ1v) is 4.60. The van der Waals surface area contributed by atoms with Gasteiger partial charge < -0.3 is 15.3 Å². The molecule has 86 valence electrons. The summed E-state index contributed by atoms with van der Waals surface area (Å²) in [6.07, 6.45) is -3.68. The van der Waals surface area contributed by atoms with E-state index < -0.39 is 30.4 Å². The zero-order chi connectivity index (χ0) is 13.0. The summed E-state index contributed by atoms with van der Waals surface area (Å²) in [6, 6.07) is 5.47. The van der Waals surface area contributed by atoms with Gasteiger partial charge in [-0.3, -0.25) is 9.59 Å². The fraction of sp³-hybridized carbons (Fsp3) is 0.273. The summed E-state index contributed by atoms with van der Waals surface area (Å²) < 4.78 is 7.42. The third kappa shape index (κ3) is 2.73. The van der Waals surface area contributed by atoms with Crippen LogP contribution in [0.15, 0.2) is 30.3 Å². The number of aliphatic hydroxyl groups excluding tert-OH is 3. The number of carbonyl (C=O) groups is 2. The zero-order valence-corrected chi connectivity index (χ0v) is 8.33. The maximum absolute atomic E-state index is 11.6. The van der Waals surface area contributed by atoms with Crippen molar-refractivity contribution >= 4 is 11.6 Å². The van der Waals surface area contributed by atoms with Gasteiger partial charge in [-0.05, 0) is 0 Å². The molecule has 0 heterocycles. The first kappa shape index (κ1) is 10.9. The number of ketones is 2. The van der Waals surface area contributed by atoms with Gasteiger partial charge in [0.2, 0.25) is 11.6 Å². The maximum Gasteiger partial charge on any atom is 0.234 e. The number of carbonyl (C=O) groups excluding carboxylic acids is 2. The first-order valence-electron chi connectivity index (χ1n) is 5.10. The van der Waals surface area contributed by atoms with Crippen molar-refractivity contribution in [2.75, 3.05) is 6.61 Å². The Kier molecular flexibility index (Phi) is 3.76. The molecule has 5 heteroatoms. The third-order valence-corrected chi connectivity index (χ3v) is 2.00. The molecule has 2 atom stereocenters. The van der Waals surface area contributed by atoms with E-state index in [9.17, 15) is 14.7 Å². The van der Waals surface area contributed by atoms with E-state index in [2.05, 4.69) is 0 Å². The molecule has 0 aliphatic carbocycles. The Morgan fingerprint density at radius 3 is 2.56 bits per heavy atom. The summed E-state index contributed by atoms with van der Waals surface area (Å²) in [5, 5.41) is 26.9. The van der Waals surface area contributed by atoms with Crippen LogP contribution in [0, 0.1) is 0 Å². The molecule has 0 aliphatic heterocycles. The molecule has 5 nitrogen and oxygen atoms in total. The van der Waals surface area contributed by atoms with Crippen molar-refractivity contribution in [1.29, 1.82) is 0 Å². The van der Waals surface area contributed by atoms with Crippen LogP contribution in [-0.4, -0.2) is 45.7 Å². The van der Waals surface area contributed by atoms with Gasteiger partial charge in [0.05, 0.1) is 7.98 Å². The van der Waals surface area contributed by atoms with Crippen LogP contribution in [0.3, 0.4) is 0 Å². The Morgan fingerprint density at radius 1 is 1.31 bits per heavy atom. The standard InChI is InChI=1S/C11H12O5/c12-6-8(13)10(15)11(16)9(14)7-4-2-1-3-5-7/h1-5,8,10,12-13,15H,6H2/t8-,10-/m1/s1/i4D. The average molecular weight is 225 g/mol. The van der Waals surface area contributed by atoms with Crippen LogP contribution in [0.4, 0.5) is 0 Å². The summed E-state index contributed by atoms with van der Waals surface area (Å²) >= 11 is 0. The lowest BCUT2D eigenvalue weighted by molar-refractivity contribution is -0.129. The molecule has 0 radical (unpaired) electrons. The number of aliphatic hydroxyl groups is 3. The van der Waals surface area contributed by atoms with Crippen LogP contribution in [0.2, 0.25) is 0 Å². The van der Waals surface area contributed by atoms with Gasteiger partial charge >= 0.3 is 0 Å². The second-order valence-corrected chi connectivity index (χ2v) is 3.16. The molecule has 1 aromatic carbocycles. The normalized spacial score (nSPS) is 15.1. The van der Waals surface area contributed by atoms with Gasteiger partial charge in [0.15, 0.2) is 0 Å². The molecule has 1 rings (SSSR count). The lowest BCUT2D eigenvalue weighted by Gasteiger charge is -2.13. The molecule has 3 N–H and O–H groups in total. The quantitative estimate of drug-likeness (QED) is 0.448. The van der Waals surface area contributed by atoms with Crippen molar-refractivity contribution < 1.29 is 26.3 Å². The fourth-order valence-corrected chi connectivity index (χ4v) is 1.08. The van der Waals surface area contributed by atoms with Gasteiger partial charge in [0, 0.05) is 5.56 Å². The van der Waals surface area contributed by atoms with Crippen LogP contribution < -0.4 is 0 Å². The molecule has 0 bridgehead atoms. The minimum absolute atomic E-state index is 0.142. The summed E-state index contributed by atoms with van der Waals surface area (Å²) in [5.41, 5.74) is -0.151. The fourth-order valence-electron chi connectivity index (χ4n) is 1.08. The van der Waals surface area contributed by atoms with E-state index in [1.165, 1.54) is 24.3 Å². The van der Waals surface area contributed by atoms with Crippen molar-refractivity contribution in [3.05, 3.63) is 35.9 Å². The molecule has 0 aliphatic rings. The van der Waals surface area contributed by atoms with Gasteiger partial charge in [-0.2, -0.15) is 0 Å². The van der Waals surface area contributed by atoms with Crippen LogP contribution >= 0.6 is 0 Å². The van der Waals surface area contributed by atoms with Crippen LogP contribution in [0.25, 0.3) is 0 Å². The third-order valence-electron chi connectivity index (χ3n) is 2.00. The summed E-state index contributed by atoms with van der Waals surface area (Å²) in [4.78, 5) is 23.0. The van der Waals surface area contributed by atoms with E-state index in [0.29, 0.717) is 0 Å². The largest absolute Gasteiger partial charge is 0.394 e. The van der Waals surface area contributed by atoms with Crippen molar-refractivity contribution in [3.63, 3.8) is 0 Å². The van der Waals surface area contributed by atoms with Gasteiger partial charge in [0.25, 0.3) is 0 Å². The Hall–Kier alpha value is -1.56. The van der Waals surface area contributed by atoms with E-state index in [0.717, 1.165) is 0 Å². The predicted octanol–water partition coefficient (Wildman–Crippen LogP) is -0.848. The molecular formula is C11H12O5. The van der Waals surface area contributed by atoms with E-state index in [-0.39, 0.29) is 11.6 Å². The Balaban J connectivity index is 2.91. The molecule has 0 aromatic heterocycles. The van der Waals surface area contributed by atoms with Crippen molar-refractivity contribution in [2.24, 2.45) is 0 Å². The van der Waals surface area contributed by atoms with E-state index in [4.69, 9.17) is 11.6 Å². The van der Waals surface area contributed by atoms with Crippen LogP contribution in [0.1, 0.15) is 11.7 Å². The second kappa shape index (κ2) is 5.50. The topological polar surface area (TPSA) is 94.8 Å². The minimum atomic E-state index is -1.98. The number of benzene rings is 1. The molecule has 16 heavy (non-hydrogen) atoms. The number of hydrogen-bond donors (Lipinski definition) is 3. The summed E-state index contributed by atoms with van der Waals surface area (Å²) in [7, 11) is 0. The van der Waals surface area contributed by atoms with Gasteiger partial charge in [-0.15, -0.1) is 0 Å². The Bertz CT molecular complexity index is 432. The first-order chi connectivity index (χ1) is 7.99. The van der Waals surface area contributed by atoms with Crippen LogP contribution in [0.5, 0.6) is 0 Å². The number of Topliss-reactive ketones (excluding diaryl/α,β-unsaturated/α-hetero) is 2. The van der Waals surface area contributed by atoms with Gasteiger partial charge in [-0.1, -0.05) is 30.3 Å². The average Bonchev–Trinajstić information content (AvgIpc) is 2.35. The SMILES string of the molecule is [2H]c1ccccc1C(=O)C(=O)[C@H](O)[C@H](O)CO. The Labute approximate surface area is 93.4 Å². The molecule has 1 aromatic rings. The van der Waals surface area contributed by atoms with Crippen LogP contribution in [-0.2, 0) is 4.79 Å². The van der Waals surface area contributed by atoms with E-state index in [1.54, 1.807) is 0 Å².